The van der Waals surface area contributed by atoms with Crippen molar-refractivity contribution >= 4 is 40.3 Å². The quantitative estimate of drug-likeness (QED) is 0.658. The molecule has 0 bridgehead atoms. The Morgan fingerprint density at radius 2 is 1.79 bits per heavy atom. The van der Waals surface area contributed by atoms with Crippen LogP contribution in [-0.4, -0.2) is 27.3 Å². The van der Waals surface area contributed by atoms with Crippen molar-refractivity contribution in [2.75, 3.05) is 5.01 Å². The lowest BCUT2D eigenvalue weighted by molar-refractivity contribution is -0.114. The molecule has 0 saturated carbocycles. The summed E-state index contributed by atoms with van der Waals surface area (Å²) < 4.78 is 2.19. The number of amides is 1. The van der Waals surface area contributed by atoms with Crippen molar-refractivity contribution in [3.05, 3.63) is 71.4 Å². The van der Waals surface area contributed by atoms with Gasteiger partial charge in [0.15, 0.2) is 0 Å². The molecular formula is C23H21N3O3. The van der Waals surface area contributed by atoms with E-state index in [0.717, 1.165) is 16.5 Å². The lowest BCUT2D eigenvalue weighted by atomic mass is 10.1. The number of anilines is 1. The van der Waals surface area contributed by atoms with Gasteiger partial charge in [-0.2, -0.15) is 10.1 Å². The molecule has 6 nitrogen and oxygen atoms in total. The molecule has 6 heteroatoms. The number of carboxylic acid groups (broad SMARTS) is 1. The van der Waals surface area contributed by atoms with Gasteiger partial charge in [0, 0.05) is 28.7 Å². The van der Waals surface area contributed by atoms with E-state index in [4.69, 9.17) is 5.11 Å². The van der Waals surface area contributed by atoms with E-state index in [1.807, 2.05) is 18.2 Å². The fraction of sp³-hybridized carbons (Fsp3) is 0.174. The number of para-hydroxylation sites is 1. The summed E-state index contributed by atoms with van der Waals surface area (Å²) in [6, 6.07) is 14.5. The smallest absolute Gasteiger partial charge is 0.335 e. The van der Waals surface area contributed by atoms with Gasteiger partial charge < -0.3 is 9.67 Å². The monoisotopic (exact) mass is 387 g/mol. The lowest BCUT2D eigenvalue weighted by Gasteiger charge is -2.11. The highest BCUT2D eigenvalue weighted by Gasteiger charge is 2.29. The van der Waals surface area contributed by atoms with E-state index in [-0.39, 0.29) is 11.5 Å². The maximum absolute atomic E-state index is 13.0. The second-order valence-electron chi connectivity index (χ2n) is 7.32. The molecular weight excluding hydrogens is 366 g/mol. The topological polar surface area (TPSA) is 74.9 Å². The minimum Gasteiger partial charge on any atom is -0.478 e. The summed E-state index contributed by atoms with van der Waals surface area (Å²) >= 11 is 0. The first-order valence-corrected chi connectivity index (χ1v) is 9.41. The van der Waals surface area contributed by atoms with Gasteiger partial charge in [0.1, 0.15) is 0 Å². The predicted octanol–water partition coefficient (Wildman–Crippen LogP) is 4.73. The molecule has 4 rings (SSSR count). The van der Waals surface area contributed by atoms with Gasteiger partial charge >= 0.3 is 5.97 Å². The molecule has 0 saturated heterocycles. The summed E-state index contributed by atoms with van der Waals surface area (Å²) in [5, 5.41) is 15.8. The van der Waals surface area contributed by atoms with Crippen LogP contribution in [0.1, 0.15) is 42.7 Å². The minimum absolute atomic E-state index is 0.165. The Balaban J connectivity index is 1.73. The van der Waals surface area contributed by atoms with Crippen LogP contribution in [0.15, 0.2) is 65.4 Å². The molecule has 1 aromatic heterocycles. The molecule has 29 heavy (non-hydrogen) atoms. The third-order valence-corrected chi connectivity index (χ3v) is 5.05. The van der Waals surface area contributed by atoms with Gasteiger partial charge in [-0.15, -0.1) is 0 Å². The van der Waals surface area contributed by atoms with Crippen LogP contribution in [0.2, 0.25) is 0 Å². The number of carbonyl (C=O) groups excluding carboxylic acids is 1. The molecule has 2 heterocycles. The van der Waals surface area contributed by atoms with Crippen LogP contribution < -0.4 is 5.01 Å². The van der Waals surface area contributed by atoms with E-state index in [0.29, 0.717) is 23.0 Å². The second-order valence-corrected chi connectivity index (χ2v) is 7.32. The number of carbonyl (C=O) groups is 2. The van der Waals surface area contributed by atoms with Gasteiger partial charge in [-0.3, -0.25) is 4.79 Å². The maximum Gasteiger partial charge on any atom is 0.335 e. The molecule has 0 unspecified atom stereocenters. The van der Waals surface area contributed by atoms with Crippen LogP contribution in [0.4, 0.5) is 5.69 Å². The Morgan fingerprint density at radius 3 is 2.45 bits per heavy atom. The number of rotatable bonds is 4. The van der Waals surface area contributed by atoms with Gasteiger partial charge in [-0.1, -0.05) is 18.2 Å². The Hall–Kier alpha value is -3.67. The van der Waals surface area contributed by atoms with E-state index in [1.165, 1.54) is 17.1 Å². The molecule has 0 spiro atoms. The SMILES string of the molecule is CC1=NN(c2ccc(C(=O)O)cc2)C(=O)C1=Cc1cn(C(C)C)c2ccccc12. The number of nitrogens with zero attached hydrogens (tertiary/aromatic N) is 3. The van der Waals surface area contributed by atoms with Crippen LogP contribution in [0, 0.1) is 0 Å². The first-order valence-electron chi connectivity index (χ1n) is 9.41. The zero-order valence-corrected chi connectivity index (χ0v) is 16.5. The molecule has 1 amide bonds. The second kappa shape index (κ2) is 7.05. The van der Waals surface area contributed by atoms with Crippen molar-refractivity contribution < 1.29 is 14.7 Å². The molecule has 146 valence electrons. The van der Waals surface area contributed by atoms with E-state index >= 15 is 0 Å². The number of hydrazone groups is 1. The summed E-state index contributed by atoms with van der Waals surface area (Å²) in [5.41, 5.74) is 3.94. The molecule has 0 radical (unpaired) electrons. The number of fused-ring (bicyclic) bond motifs is 1. The normalized spacial score (nSPS) is 15.6. The molecule has 1 aliphatic heterocycles. The largest absolute Gasteiger partial charge is 0.478 e. The summed E-state index contributed by atoms with van der Waals surface area (Å²) in [6.45, 7) is 6.05. The first kappa shape index (κ1) is 18.7. The van der Waals surface area contributed by atoms with Gasteiger partial charge in [0.25, 0.3) is 5.91 Å². The average molecular weight is 387 g/mol. The highest BCUT2D eigenvalue weighted by molar-refractivity contribution is 6.32. The number of carboxylic acids is 1. The van der Waals surface area contributed by atoms with Crippen molar-refractivity contribution in [3.63, 3.8) is 0 Å². The van der Waals surface area contributed by atoms with Crippen molar-refractivity contribution in [3.8, 4) is 0 Å². The standard InChI is InChI=1S/C23H21N3O3/c1-14(2)25-13-17(19-6-4-5-7-21(19)25)12-20-15(3)24-26(22(20)27)18-10-8-16(9-11-18)23(28)29/h4-14H,1-3H3,(H,28,29). The van der Waals surface area contributed by atoms with E-state index in [2.05, 4.69) is 41.8 Å². The Labute approximate surface area is 168 Å². The summed E-state index contributed by atoms with van der Waals surface area (Å²) in [7, 11) is 0. The molecule has 0 atom stereocenters. The Morgan fingerprint density at radius 1 is 1.10 bits per heavy atom. The molecule has 2 aromatic carbocycles. The number of hydrogen-bond donors (Lipinski definition) is 1. The molecule has 1 aliphatic rings. The molecule has 0 aliphatic carbocycles. The van der Waals surface area contributed by atoms with Gasteiger partial charge in [-0.25, -0.2) is 4.79 Å². The highest BCUT2D eigenvalue weighted by atomic mass is 16.4. The zero-order chi connectivity index (χ0) is 20.7. The number of aromatic nitrogens is 1. The van der Waals surface area contributed by atoms with Crippen molar-refractivity contribution in [1.82, 2.24) is 4.57 Å². The van der Waals surface area contributed by atoms with Crippen molar-refractivity contribution in [2.24, 2.45) is 5.10 Å². The number of benzene rings is 2. The van der Waals surface area contributed by atoms with Crippen LogP contribution in [0.5, 0.6) is 0 Å². The third-order valence-electron chi connectivity index (χ3n) is 5.05. The first-order chi connectivity index (χ1) is 13.9. The van der Waals surface area contributed by atoms with Crippen LogP contribution in [0.25, 0.3) is 17.0 Å². The fourth-order valence-corrected chi connectivity index (χ4v) is 3.53. The summed E-state index contributed by atoms with van der Waals surface area (Å²) in [4.78, 5) is 24.1. The van der Waals surface area contributed by atoms with Crippen molar-refractivity contribution in [1.29, 1.82) is 0 Å². The van der Waals surface area contributed by atoms with Gasteiger partial charge in [0.05, 0.1) is 22.5 Å². The Kier molecular flexibility index (Phi) is 4.54. The van der Waals surface area contributed by atoms with Crippen LogP contribution >= 0.6 is 0 Å². The molecule has 1 N–H and O–H groups in total. The van der Waals surface area contributed by atoms with Crippen molar-refractivity contribution in [2.45, 2.75) is 26.8 Å². The third kappa shape index (κ3) is 3.23. The highest BCUT2D eigenvalue weighted by Crippen LogP contribution is 2.29. The Bertz CT molecular complexity index is 1180. The van der Waals surface area contributed by atoms with Crippen LogP contribution in [0.3, 0.4) is 0 Å². The van der Waals surface area contributed by atoms with E-state index < -0.39 is 5.97 Å². The summed E-state index contributed by atoms with van der Waals surface area (Å²) in [6.07, 6.45) is 3.95. The van der Waals surface area contributed by atoms with Gasteiger partial charge in [0.2, 0.25) is 0 Å². The number of aromatic carboxylic acids is 1. The predicted molar refractivity (Wildman–Crippen MR) is 114 cm³/mol. The summed E-state index contributed by atoms with van der Waals surface area (Å²) in [5.74, 6) is -1.24. The molecule has 3 aromatic rings. The average Bonchev–Trinajstić information content (AvgIpc) is 3.21. The van der Waals surface area contributed by atoms with E-state index in [9.17, 15) is 9.59 Å². The van der Waals surface area contributed by atoms with Crippen LogP contribution in [-0.2, 0) is 4.79 Å². The maximum atomic E-state index is 13.0. The van der Waals surface area contributed by atoms with E-state index in [1.54, 1.807) is 19.1 Å². The zero-order valence-electron chi connectivity index (χ0n) is 16.5. The fourth-order valence-electron chi connectivity index (χ4n) is 3.53. The lowest BCUT2D eigenvalue weighted by Crippen LogP contribution is -2.21. The van der Waals surface area contributed by atoms with Gasteiger partial charge in [-0.05, 0) is 57.2 Å². The molecule has 0 fully saturated rings. The number of hydrogen-bond acceptors (Lipinski definition) is 3. The minimum atomic E-state index is -1.01.